The van der Waals surface area contributed by atoms with Crippen LogP contribution in [0.3, 0.4) is 0 Å². The summed E-state index contributed by atoms with van der Waals surface area (Å²) in [6.45, 7) is 1.56. The zero-order valence-electron chi connectivity index (χ0n) is 13.8. The van der Waals surface area contributed by atoms with Crippen molar-refractivity contribution in [2.24, 2.45) is 5.92 Å². The molecule has 1 aliphatic rings. The number of carbonyl (C=O) groups is 1. The van der Waals surface area contributed by atoms with Crippen molar-refractivity contribution in [3.8, 4) is 0 Å². The normalized spacial score (nSPS) is 19.4. The summed E-state index contributed by atoms with van der Waals surface area (Å²) in [5.74, 6) is -1.69. The van der Waals surface area contributed by atoms with E-state index in [-0.39, 0.29) is 29.9 Å². The third kappa shape index (κ3) is 4.75. The molecule has 1 atom stereocenters. The van der Waals surface area contributed by atoms with Gasteiger partial charge >= 0.3 is 6.18 Å². The molecule has 0 aliphatic carbocycles. The van der Waals surface area contributed by atoms with Crippen LogP contribution < -0.4 is 0 Å². The number of benzene rings is 1. The fourth-order valence-electron chi connectivity index (χ4n) is 3.10. The molecule has 0 spiro atoms. The average Bonchev–Trinajstić information content (AvgIpc) is 2.47. The van der Waals surface area contributed by atoms with E-state index in [1.54, 1.807) is 13.0 Å². The summed E-state index contributed by atoms with van der Waals surface area (Å²) in [6, 6.07) is 2.37. The minimum Gasteiger partial charge on any atom is -0.330 e. The lowest BCUT2D eigenvalue weighted by molar-refractivity contribution is -0.190. The highest BCUT2D eigenvalue weighted by Gasteiger charge is 2.47. The van der Waals surface area contributed by atoms with Crippen molar-refractivity contribution >= 4 is 31.7 Å². The molecule has 0 unspecified atom stereocenters. The van der Waals surface area contributed by atoms with Crippen molar-refractivity contribution < 1.29 is 26.4 Å². The lowest BCUT2D eigenvalue weighted by Gasteiger charge is -2.34. The molecule has 140 valence electrons. The average molecular weight is 442 g/mol. The van der Waals surface area contributed by atoms with Crippen molar-refractivity contribution in [2.75, 3.05) is 18.6 Å². The molecule has 0 radical (unpaired) electrons. The summed E-state index contributed by atoms with van der Waals surface area (Å²) in [4.78, 5) is 13.3. The van der Waals surface area contributed by atoms with E-state index in [1.165, 1.54) is 12.1 Å². The number of hydrogen-bond acceptors (Lipinski definition) is 3. The topological polar surface area (TPSA) is 54.5 Å². The van der Waals surface area contributed by atoms with E-state index in [0.717, 1.165) is 7.05 Å². The van der Waals surface area contributed by atoms with Gasteiger partial charge in [0.25, 0.3) is 0 Å². The van der Waals surface area contributed by atoms with E-state index < -0.39 is 33.9 Å². The largest absolute Gasteiger partial charge is 0.413 e. The van der Waals surface area contributed by atoms with E-state index in [0.29, 0.717) is 14.9 Å². The molecule has 0 saturated carbocycles. The Morgan fingerprint density at radius 3 is 2.32 bits per heavy atom. The Morgan fingerprint density at radius 2 is 1.84 bits per heavy atom. The number of rotatable bonds is 3. The minimum absolute atomic E-state index is 0.00924. The van der Waals surface area contributed by atoms with E-state index in [4.69, 9.17) is 0 Å². The maximum absolute atomic E-state index is 13.7. The van der Waals surface area contributed by atoms with E-state index in [9.17, 15) is 26.4 Å². The molecule has 1 aromatic rings. The first-order chi connectivity index (χ1) is 11.4. The molecule has 1 heterocycles. The first kappa shape index (κ1) is 20.2. The second kappa shape index (κ2) is 7.26. The lowest BCUT2D eigenvalue weighted by atomic mass is 9.96. The monoisotopic (exact) mass is 441 g/mol. The summed E-state index contributed by atoms with van der Waals surface area (Å²) in [5.41, 5.74) is 0.428. The Morgan fingerprint density at radius 1 is 1.28 bits per heavy atom. The summed E-state index contributed by atoms with van der Waals surface area (Å²) < 4.78 is 64.7. The molecular weight excluding hydrogens is 423 g/mol. The van der Waals surface area contributed by atoms with Crippen LogP contribution in [0.25, 0.3) is 0 Å². The highest BCUT2D eigenvalue weighted by Crippen LogP contribution is 2.40. The first-order valence-corrected chi connectivity index (χ1v) is 10.3. The second-order valence-electron chi connectivity index (χ2n) is 6.32. The Labute approximate surface area is 153 Å². The second-order valence-corrected chi connectivity index (χ2v) is 9.54. The highest BCUT2D eigenvalue weighted by atomic mass is 79.9. The Bertz CT molecular complexity index is 750. The van der Waals surface area contributed by atoms with Gasteiger partial charge in [-0.2, -0.15) is 13.2 Å². The molecule has 2 rings (SSSR count). The smallest absolute Gasteiger partial charge is 0.330 e. The molecule has 1 aliphatic heterocycles. The summed E-state index contributed by atoms with van der Waals surface area (Å²) in [6.07, 6.45) is -4.51. The predicted molar refractivity (Wildman–Crippen MR) is 91.8 cm³/mol. The maximum Gasteiger partial charge on any atom is 0.413 e. The van der Waals surface area contributed by atoms with Crippen LogP contribution in [-0.2, 0) is 14.6 Å². The van der Waals surface area contributed by atoms with Crippen LogP contribution in [0.1, 0.15) is 30.0 Å². The fourth-order valence-corrected chi connectivity index (χ4v) is 5.07. The van der Waals surface area contributed by atoms with Gasteiger partial charge in [-0.1, -0.05) is 22.0 Å². The van der Waals surface area contributed by atoms with Gasteiger partial charge < -0.3 is 4.90 Å². The Kier molecular flexibility index (Phi) is 5.88. The van der Waals surface area contributed by atoms with Crippen LogP contribution in [0.5, 0.6) is 0 Å². The zero-order valence-corrected chi connectivity index (χ0v) is 16.2. The molecule has 0 N–H and O–H groups in total. The van der Waals surface area contributed by atoms with Crippen LogP contribution in [0.15, 0.2) is 22.7 Å². The lowest BCUT2D eigenvalue weighted by Crippen LogP contribution is -2.44. The van der Waals surface area contributed by atoms with Crippen molar-refractivity contribution in [3.05, 3.63) is 33.8 Å². The van der Waals surface area contributed by atoms with Gasteiger partial charge in [-0.05, 0) is 43.0 Å². The van der Waals surface area contributed by atoms with E-state index in [1.807, 2.05) is 0 Å². The number of aryl methyl sites for hydroxylation is 1. The molecular formula is C16H19BrF3NO3S. The Balaban J connectivity index is 2.30. The molecule has 4 nitrogen and oxygen atoms in total. The SMILES string of the molecule is Cc1cc(Br)ccc1[C@H](N(C)C(=O)C1CCS(=O)(=O)CC1)C(F)(F)F. The van der Waals surface area contributed by atoms with Gasteiger partial charge in [-0.25, -0.2) is 8.42 Å². The van der Waals surface area contributed by atoms with Crippen molar-refractivity contribution in [1.82, 2.24) is 4.90 Å². The first-order valence-electron chi connectivity index (χ1n) is 7.72. The number of hydrogen-bond donors (Lipinski definition) is 0. The minimum atomic E-state index is -4.64. The molecule has 1 fully saturated rings. The predicted octanol–water partition coefficient (Wildman–Crippen LogP) is 3.64. The van der Waals surface area contributed by atoms with Crippen LogP contribution in [0, 0.1) is 12.8 Å². The Hall–Kier alpha value is -1.09. The molecule has 1 aromatic carbocycles. The van der Waals surface area contributed by atoms with E-state index in [2.05, 4.69) is 15.9 Å². The third-order valence-electron chi connectivity index (χ3n) is 4.48. The van der Waals surface area contributed by atoms with Gasteiger partial charge in [0.15, 0.2) is 6.04 Å². The summed E-state index contributed by atoms with van der Waals surface area (Å²) in [5, 5.41) is 0. The quantitative estimate of drug-likeness (QED) is 0.719. The molecule has 1 amide bonds. The van der Waals surface area contributed by atoms with Crippen LogP contribution in [0.4, 0.5) is 13.2 Å². The van der Waals surface area contributed by atoms with Crippen LogP contribution in [-0.4, -0.2) is 44.0 Å². The molecule has 1 saturated heterocycles. The standard InChI is InChI=1S/C16H19BrF3NO3S/c1-10-9-12(17)3-4-13(10)14(16(18,19)20)21(2)15(22)11-5-7-25(23,24)8-6-11/h3-4,9,11,14H,5-8H2,1-2H3/t14-/m0/s1. The summed E-state index contributed by atoms with van der Waals surface area (Å²) in [7, 11) is -2.06. The van der Waals surface area contributed by atoms with Gasteiger partial charge in [-0.3, -0.25) is 4.79 Å². The van der Waals surface area contributed by atoms with Crippen molar-refractivity contribution in [3.63, 3.8) is 0 Å². The number of sulfone groups is 1. The zero-order chi connectivity index (χ0) is 19.0. The highest BCUT2D eigenvalue weighted by molar-refractivity contribution is 9.10. The number of nitrogens with zero attached hydrogens (tertiary/aromatic N) is 1. The number of alkyl halides is 3. The number of carbonyl (C=O) groups excluding carboxylic acids is 1. The molecule has 25 heavy (non-hydrogen) atoms. The van der Waals surface area contributed by atoms with Gasteiger partial charge in [-0.15, -0.1) is 0 Å². The third-order valence-corrected chi connectivity index (χ3v) is 6.68. The molecule has 9 heteroatoms. The van der Waals surface area contributed by atoms with Crippen LogP contribution >= 0.6 is 15.9 Å². The fraction of sp³-hybridized carbons (Fsp3) is 0.562. The molecule has 0 bridgehead atoms. The number of amides is 1. The van der Waals surface area contributed by atoms with Gasteiger partial charge in [0, 0.05) is 17.4 Å². The summed E-state index contributed by atoms with van der Waals surface area (Å²) >= 11 is 3.22. The number of halogens is 4. The van der Waals surface area contributed by atoms with Gasteiger partial charge in [0.05, 0.1) is 11.5 Å². The molecule has 0 aromatic heterocycles. The maximum atomic E-state index is 13.7. The van der Waals surface area contributed by atoms with Crippen LogP contribution in [0.2, 0.25) is 0 Å². The van der Waals surface area contributed by atoms with Crippen molar-refractivity contribution in [1.29, 1.82) is 0 Å². The van der Waals surface area contributed by atoms with Gasteiger partial charge in [0.1, 0.15) is 9.84 Å². The van der Waals surface area contributed by atoms with Gasteiger partial charge in [0.2, 0.25) is 5.91 Å². The van der Waals surface area contributed by atoms with Crippen molar-refractivity contribution in [2.45, 2.75) is 32.0 Å². The van der Waals surface area contributed by atoms with E-state index >= 15 is 0 Å².